The van der Waals surface area contributed by atoms with Crippen molar-refractivity contribution in [1.29, 1.82) is 0 Å². The Morgan fingerprint density at radius 3 is 2.58 bits per heavy atom. The van der Waals surface area contributed by atoms with E-state index >= 15 is 0 Å². The Bertz CT molecular complexity index is 522. The number of ketones is 1. The van der Waals surface area contributed by atoms with Gasteiger partial charge in [0.1, 0.15) is 5.41 Å². The van der Waals surface area contributed by atoms with Gasteiger partial charge in [-0.1, -0.05) is 23.8 Å². The van der Waals surface area contributed by atoms with Crippen LogP contribution in [0.5, 0.6) is 0 Å². The molecule has 19 heavy (non-hydrogen) atoms. The fraction of sp³-hybridized carbons (Fsp3) is 0.333. The number of allylic oxidation sites excluding steroid dienone is 1. The third-order valence-electron chi connectivity index (χ3n) is 3.21. The summed E-state index contributed by atoms with van der Waals surface area (Å²) in [5, 5.41) is 0. The predicted molar refractivity (Wildman–Crippen MR) is 70.4 cm³/mol. The second-order valence-corrected chi connectivity index (χ2v) is 4.84. The van der Waals surface area contributed by atoms with E-state index in [0.717, 1.165) is 11.1 Å². The zero-order chi connectivity index (χ0) is 14.6. The molecule has 0 saturated carbocycles. The van der Waals surface area contributed by atoms with E-state index in [-0.39, 0.29) is 6.42 Å². The molecule has 0 aliphatic heterocycles. The largest absolute Gasteiger partial charge is 0.362 e. The Morgan fingerprint density at radius 2 is 2.05 bits per heavy atom. The molecule has 0 spiro atoms. The van der Waals surface area contributed by atoms with E-state index < -0.39 is 17.2 Å². The van der Waals surface area contributed by atoms with Gasteiger partial charge in [0.15, 0.2) is 5.78 Å². The summed E-state index contributed by atoms with van der Waals surface area (Å²) >= 11 is 0. The van der Waals surface area contributed by atoms with E-state index in [2.05, 4.69) is 11.5 Å². The first-order chi connectivity index (χ1) is 8.86. The van der Waals surface area contributed by atoms with Crippen molar-refractivity contribution in [2.75, 3.05) is 0 Å². The third kappa shape index (κ3) is 2.89. The molecular formula is C15H17FO3. The summed E-state index contributed by atoms with van der Waals surface area (Å²) in [6.45, 7) is 8.47. The number of carbonyl (C=O) groups is 2. The zero-order valence-corrected chi connectivity index (χ0v) is 11.3. The lowest BCUT2D eigenvalue weighted by atomic mass is 9.78. The first kappa shape index (κ1) is 15.1. The summed E-state index contributed by atoms with van der Waals surface area (Å²) < 4.78 is 12.2. The summed E-state index contributed by atoms with van der Waals surface area (Å²) in [5.74, 6) is -1.66. The smallest absolute Gasteiger partial charge is 0.293 e. The van der Waals surface area contributed by atoms with Gasteiger partial charge in [-0.2, -0.15) is 0 Å². The molecule has 0 saturated heterocycles. The second-order valence-electron chi connectivity index (χ2n) is 4.84. The summed E-state index contributed by atoms with van der Waals surface area (Å²) in [4.78, 5) is 27.4. The van der Waals surface area contributed by atoms with Crippen LogP contribution >= 0.6 is 0 Å². The number of benzene rings is 1. The van der Waals surface area contributed by atoms with Crippen molar-refractivity contribution in [3.05, 3.63) is 47.5 Å². The van der Waals surface area contributed by atoms with Gasteiger partial charge in [-0.3, -0.25) is 9.74 Å². The van der Waals surface area contributed by atoms with E-state index in [4.69, 9.17) is 0 Å². The number of carbonyl (C=O) groups excluding carboxylic acids is 2. The van der Waals surface area contributed by atoms with Crippen molar-refractivity contribution in [3.8, 4) is 0 Å². The van der Waals surface area contributed by atoms with Gasteiger partial charge >= 0.3 is 5.97 Å². The SMILES string of the molecule is C=CCC(C)(C(=O)OF)C(=O)c1cc(C)ccc1C. The van der Waals surface area contributed by atoms with Crippen molar-refractivity contribution in [2.45, 2.75) is 27.2 Å². The summed E-state index contributed by atoms with van der Waals surface area (Å²) in [5.41, 5.74) is 0.436. The molecule has 0 amide bonds. The van der Waals surface area contributed by atoms with Crippen molar-refractivity contribution in [1.82, 2.24) is 0 Å². The maximum atomic E-state index is 12.5. The highest BCUT2D eigenvalue weighted by Gasteiger charge is 2.43. The lowest BCUT2D eigenvalue weighted by Crippen LogP contribution is -2.37. The minimum atomic E-state index is -1.59. The topological polar surface area (TPSA) is 43.4 Å². The average Bonchev–Trinajstić information content (AvgIpc) is 2.39. The van der Waals surface area contributed by atoms with Crippen molar-refractivity contribution in [3.63, 3.8) is 0 Å². The van der Waals surface area contributed by atoms with Crippen LogP contribution < -0.4 is 0 Å². The van der Waals surface area contributed by atoms with Crippen LogP contribution in [0.4, 0.5) is 4.53 Å². The number of halogens is 1. The number of hydrogen-bond donors (Lipinski definition) is 0. The van der Waals surface area contributed by atoms with Crippen molar-refractivity contribution >= 4 is 11.8 Å². The standard InChI is InChI=1S/C15H17FO3/c1-5-8-15(4,14(18)19-16)13(17)12-9-10(2)6-7-11(12)3/h5-7,9H,1,8H2,2-4H3. The molecule has 0 fully saturated rings. The molecule has 102 valence electrons. The monoisotopic (exact) mass is 264 g/mol. The molecule has 0 radical (unpaired) electrons. The predicted octanol–water partition coefficient (Wildman–Crippen LogP) is 3.50. The summed E-state index contributed by atoms with van der Waals surface area (Å²) in [6.07, 6.45) is 1.42. The molecular weight excluding hydrogens is 247 g/mol. The van der Waals surface area contributed by atoms with Gasteiger partial charge in [-0.05, 0) is 38.8 Å². The fourth-order valence-corrected chi connectivity index (χ4v) is 1.92. The van der Waals surface area contributed by atoms with Gasteiger partial charge in [0.2, 0.25) is 0 Å². The van der Waals surface area contributed by atoms with Crippen molar-refractivity contribution in [2.24, 2.45) is 5.41 Å². The van der Waals surface area contributed by atoms with Crippen LogP contribution in [0.25, 0.3) is 0 Å². The fourth-order valence-electron chi connectivity index (χ4n) is 1.92. The van der Waals surface area contributed by atoms with E-state index in [1.807, 2.05) is 13.0 Å². The van der Waals surface area contributed by atoms with Gasteiger partial charge in [0.05, 0.1) is 0 Å². The summed E-state index contributed by atoms with van der Waals surface area (Å²) in [7, 11) is 0. The number of aryl methyl sites for hydroxylation is 2. The molecule has 1 rings (SSSR count). The van der Waals surface area contributed by atoms with Gasteiger partial charge in [-0.15, -0.1) is 6.58 Å². The Hall–Kier alpha value is -1.97. The highest BCUT2D eigenvalue weighted by Crippen LogP contribution is 2.30. The maximum Gasteiger partial charge on any atom is 0.362 e. The normalized spacial score (nSPS) is 13.5. The van der Waals surface area contributed by atoms with Crippen LogP contribution in [0.15, 0.2) is 30.9 Å². The first-order valence-corrected chi connectivity index (χ1v) is 5.92. The molecule has 0 N–H and O–H groups in total. The van der Waals surface area contributed by atoms with E-state index in [9.17, 15) is 14.1 Å². The molecule has 0 aliphatic rings. The van der Waals surface area contributed by atoms with E-state index in [1.54, 1.807) is 19.1 Å². The Morgan fingerprint density at radius 1 is 1.42 bits per heavy atom. The number of Topliss-reactive ketones (excluding diaryl/α,β-unsaturated/α-hetero) is 1. The molecule has 4 heteroatoms. The quantitative estimate of drug-likeness (QED) is 0.464. The van der Waals surface area contributed by atoms with Crippen molar-refractivity contribution < 1.29 is 19.1 Å². The first-order valence-electron chi connectivity index (χ1n) is 5.92. The maximum absolute atomic E-state index is 12.5. The number of rotatable bonds is 5. The zero-order valence-electron chi connectivity index (χ0n) is 11.3. The third-order valence-corrected chi connectivity index (χ3v) is 3.21. The second kappa shape index (κ2) is 5.78. The van der Waals surface area contributed by atoms with Crippen LogP contribution in [-0.4, -0.2) is 11.8 Å². The summed E-state index contributed by atoms with van der Waals surface area (Å²) in [6, 6.07) is 5.34. The highest BCUT2D eigenvalue weighted by atomic mass is 19.3. The minimum Gasteiger partial charge on any atom is -0.293 e. The Kier molecular flexibility index (Phi) is 4.59. The van der Waals surface area contributed by atoms with Crippen LogP contribution in [0, 0.1) is 19.3 Å². The molecule has 1 atom stereocenters. The molecule has 0 aliphatic carbocycles. The lowest BCUT2D eigenvalue weighted by molar-refractivity contribution is -0.192. The van der Waals surface area contributed by atoms with Crippen LogP contribution in [0.3, 0.4) is 0 Å². The molecule has 1 unspecified atom stereocenters. The van der Waals surface area contributed by atoms with Gasteiger partial charge in [-0.25, -0.2) is 4.79 Å². The Balaban J connectivity index is 3.31. The molecule has 0 aromatic heterocycles. The minimum absolute atomic E-state index is 0.0158. The van der Waals surface area contributed by atoms with E-state index in [0.29, 0.717) is 5.56 Å². The molecule has 3 nitrogen and oxygen atoms in total. The molecule has 1 aromatic carbocycles. The molecule has 1 aromatic rings. The Labute approximate surface area is 112 Å². The van der Waals surface area contributed by atoms with Crippen LogP contribution in [-0.2, 0) is 9.74 Å². The van der Waals surface area contributed by atoms with E-state index in [1.165, 1.54) is 13.0 Å². The lowest BCUT2D eigenvalue weighted by Gasteiger charge is -2.23. The van der Waals surface area contributed by atoms with Gasteiger partial charge in [0.25, 0.3) is 0 Å². The highest BCUT2D eigenvalue weighted by molar-refractivity contribution is 6.12. The molecule has 0 heterocycles. The van der Waals surface area contributed by atoms with Gasteiger partial charge < -0.3 is 0 Å². The van der Waals surface area contributed by atoms with Gasteiger partial charge in [0, 0.05) is 10.1 Å². The number of hydrogen-bond acceptors (Lipinski definition) is 3. The molecule has 0 bridgehead atoms. The average molecular weight is 264 g/mol. The van der Waals surface area contributed by atoms with Crippen LogP contribution in [0.1, 0.15) is 34.8 Å². The van der Waals surface area contributed by atoms with Crippen LogP contribution in [0.2, 0.25) is 0 Å².